The molecule has 1 rings (SSSR count). The van der Waals surface area contributed by atoms with E-state index in [4.69, 9.17) is 4.74 Å². The highest BCUT2D eigenvalue weighted by atomic mass is 16.5. The standard InChI is InChI=1S/C11H14O3/c1-3-11(13)9-4-6-10(7-5-9)14-8(2)12/h4-7,11,13H,3H2,1-2H3. The van der Waals surface area contributed by atoms with Crippen molar-refractivity contribution in [3.8, 4) is 5.75 Å². The zero-order valence-electron chi connectivity index (χ0n) is 8.36. The van der Waals surface area contributed by atoms with Gasteiger partial charge in [-0.05, 0) is 24.1 Å². The summed E-state index contributed by atoms with van der Waals surface area (Å²) in [6.07, 6.45) is 0.230. The normalized spacial score (nSPS) is 12.2. The SMILES string of the molecule is CCC(O)c1ccc(OC(C)=O)cc1. The molecule has 0 aromatic heterocycles. The molecule has 0 heterocycles. The second-order valence-electron chi connectivity index (χ2n) is 3.09. The smallest absolute Gasteiger partial charge is 0.308 e. The number of hydrogen-bond donors (Lipinski definition) is 1. The zero-order valence-corrected chi connectivity index (χ0v) is 8.36. The van der Waals surface area contributed by atoms with Gasteiger partial charge >= 0.3 is 5.97 Å². The molecule has 0 spiro atoms. The van der Waals surface area contributed by atoms with Gasteiger partial charge in [-0.25, -0.2) is 0 Å². The summed E-state index contributed by atoms with van der Waals surface area (Å²) in [6, 6.07) is 6.87. The average Bonchev–Trinajstić information content (AvgIpc) is 2.17. The van der Waals surface area contributed by atoms with Gasteiger partial charge in [0.1, 0.15) is 5.75 Å². The number of aliphatic hydroxyl groups excluding tert-OH is 1. The maximum Gasteiger partial charge on any atom is 0.308 e. The number of rotatable bonds is 3. The van der Waals surface area contributed by atoms with Gasteiger partial charge in [0.25, 0.3) is 0 Å². The lowest BCUT2D eigenvalue weighted by atomic mass is 10.1. The Hall–Kier alpha value is -1.35. The van der Waals surface area contributed by atoms with E-state index < -0.39 is 6.10 Å². The molecule has 1 atom stereocenters. The largest absolute Gasteiger partial charge is 0.427 e. The maximum atomic E-state index is 10.6. The predicted octanol–water partition coefficient (Wildman–Crippen LogP) is 2.06. The van der Waals surface area contributed by atoms with E-state index in [-0.39, 0.29) is 5.97 Å². The van der Waals surface area contributed by atoms with Gasteiger partial charge in [-0.15, -0.1) is 0 Å². The van der Waals surface area contributed by atoms with Crippen molar-refractivity contribution >= 4 is 5.97 Å². The van der Waals surface area contributed by atoms with Crippen LogP contribution in [-0.2, 0) is 4.79 Å². The monoisotopic (exact) mass is 194 g/mol. The van der Waals surface area contributed by atoms with E-state index in [1.54, 1.807) is 24.3 Å². The summed E-state index contributed by atoms with van der Waals surface area (Å²) < 4.78 is 4.86. The van der Waals surface area contributed by atoms with Crippen molar-refractivity contribution in [3.05, 3.63) is 29.8 Å². The van der Waals surface area contributed by atoms with Crippen molar-refractivity contribution in [1.29, 1.82) is 0 Å². The number of ether oxygens (including phenoxy) is 1. The Labute approximate surface area is 83.3 Å². The molecule has 1 aromatic carbocycles. The Morgan fingerprint density at radius 1 is 1.43 bits per heavy atom. The first-order chi connectivity index (χ1) is 6.63. The molecule has 0 aliphatic carbocycles. The van der Waals surface area contributed by atoms with Gasteiger partial charge in [-0.1, -0.05) is 19.1 Å². The molecule has 3 heteroatoms. The van der Waals surface area contributed by atoms with Gasteiger partial charge in [0.05, 0.1) is 6.10 Å². The zero-order chi connectivity index (χ0) is 10.6. The Balaban J connectivity index is 2.73. The molecule has 0 saturated heterocycles. The highest BCUT2D eigenvalue weighted by molar-refractivity contribution is 5.69. The van der Waals surface area contributed by atoms with Crippen LogP contribution in [0, 0.1) is 0 Å². The lowest BCUT2D eigenvalue weighted by molar-refractivity contribution is -0.131. The van der Waals surface area contributed by atoms with Crippen LogP contribution in [-0.4, -0.2) is 11.1 Å². The average molecular weight is 194 g/mol. The second kappa shape index (κ2) is 4.77. The minimum absolute atomic E-state index is 0.339. The topological polar surface area (TPSA) is 46.5 Å². The number of carbonyl (C=O) groups is 1. The molecule has 1 N–H and O–H groups in total. The molecule has 0 amide bonds. The molecule has 76 valence electrons. The molecule has 1 unspecified atom stereocenters. The first-order valence-corrected chi connectivity index (χ1v) is 4.60. The van der Waals surface area contributed by atoms with Crippen LogP contribution in [0.1, 0.15) is 31.9 Å². The number of carbonyl (C=O) groups excluding carboxylic acids is 1. The number of hydrogen-bond acceptors (Lipinski definition) is 3. The van der Waals surface area contributed by atoms with E-state index in [9.17, 15) is 9.90 Å². The molecule has 0 bridgehead atoms. The first kappa shape index (κ1) is 10.7. The van der Waals surface area contributed by atoms with Crippen molar-refractivity contribution in [3.63, 3.8) is 0 Å². The van der Waals surface area contributed by atoms with Crippen LogP contribution in [0.3, 0.4) is 0 Å². The van der Waals surface area contributed by atoms with Crippen LogP contribution in [0.4, 0.5) is 0 Å². The number of aliphatic hydroxyl groups is 1. The van der Waals surface area contributed by atoms with Crippen molar-refractivity contribution in [2.45, 2.75) is 26.4 Å². The lowest BCUT2D eigenvalue weighted by Gasteiger charge is -2.08. The summed E-state index contributed by atoms with van der Waals surface area (Å²) in [6.45, 7) is 3.26. The summed E-state index contributed by atoms with van der Waals surface area (Å²) in [4.78, 5) is 10.6. The minimum Gasteiger partial charge on any atom is -0.427 e. The highest BCUT2D eigenvalue weighted by Gasteiger charge is 2.04. The summed E-state index contributed by atoms with van der Waals surface area (Å²) >= 11 is 0. The van der Waals surface area contributed by atoms with Crippen molar-refractivity contribution in [2.24, 2.45) is 0 Å². The molecule has 0 aliphatic heterocycles. The fourth-order valence-corrected chi connectivity index (χ4v) is 1.16. The maximum absolute atomic E-state index is 10.6. The summed E-state index contributed by atoms with van der Waals surface area (Å²) in [7, 11) is 0. The quantitative estimate of drug-likeness (QED) is 0.591. The number of esters is 1. The predicted molar refractivity (Wildman–Crippen MR) is 53.0 cm³/mol. The van der Waals surface area contributed by atoms with Gasteiger partial charge in [-0.2, -0.15) is 0 Å². The molecular weight excluding hydrogens is 180 g/mol. The van der Waals surface area contributed by atoms with Crippen molar-refractivity contribution < 1.29 is 14.6 Å². The van der Waals surface area contributed by atoms with E-state index in [2.05, 4.69) is 0 Å². The molecule has 3 nitrogen and oxygen atoms in total. The minimum atomic E-state index is -0.443. The highest BCUT2D eigenvalue weighted by Crippen LogP contribution is 2.19. The molecule has 0 fully saturated rings. The molecule has 14 heavy (non-hydrogen) atoms. The Morgan fingerprint density at radius 3 is 2.43 bits per heavy atom. The lowest BCUT2D eigenvalue weighted by Crippen LogP contribution is -2.01. The van der Waals surface area contributed by atoms with Crippen LogP contribution >= 0.6 is 0 Å². The molecule has 0 aliphatic rings. The van der Waals surface area contributed by atoms with Crippen LogP contribution in [0.5, 0.6) is 5.75 Å². The fraction of sp³-hybridized carbons (Fsp3) is 0.364. The Morgan fingerprint density at radius 2 is 2.00 bits per heavy atom. The second-order valence-corrected chi connectivity index (χ2v) is 3.09. The first-order valence-electron chi connectivity index (χ1n) is 4.60. The summed E-state index contributed by atoms with van der Waals surface area (Å²) in [5, 5.41) is 9.49. The third-order valence-corrected chi connectivity index (χ3v) is 1.91. The Kier molecular flexibility index (Phi) is 3.65. The van der Waals surface area contributed by atoms with Crippen LogP contribution < -0.4 is 4.74 Å². The Bertz CT molecular complexity index is 303. The van der Waals surface area contributed by atoms with E-state index in [1.807, 2.05) is 6.92 Å². The van der Waals surface area contributed by atoms with Gasteiger partial charge in [-0.3, -0.25) is 4.79 Å². The third-order valence-electron chi connectivity index (χ3n) is 1.91. The van der Waals surface area contributed by atoms with Crippen LogP contribution in [0.15, 0.2) is 24.3 Å². The van der Waals surface area contributed by atoms with Gasteiger partial charge in [0.15, 0.2) is 0 Å². The van der Waals surface area contributed by atoms with E-state index in [0.29, 0.717) is 12.2 Å². The molecule has 1 aromatic rings. The molecule has 0 radical (unpaired) electrons. The van der Waals surface area contributed by atoms with Gasteiger partial charge in [0.2, 0.25) is 0 Å². The summed E-state index contributed by atoms with van der Waals surface area (Å²) in [5.74, 6) is 0.165. The van der Waals surface area contributed by atoms with Crippen molar-refractivity contribution in [2.75, 3.05) is 0 Å². The van der Waals surface area contributed by atoms with Crippen LogP contribution in [0.25, 0.3) is 0 Å². The summed E-state index contributed by atoms with van der Waals surface area (Å²) in [5.41, 5.74) is 0.836. The van der Waals surface area contributed by atoms with E-state index in [0.717, 1.165) is 5.56 Å². The molecular formula is C11H14O3. The fourth-order valence-electron chi connectivity index (χ4n) is 1.16. The number of benzene rings is 1. The van der Waals surface area contributed by atoms with Gasteiger partial charge in [0, 0.05) is 6.92 Å². The van der Waals surface area contributed by atoms with Crippen molar-refractivity contribution in [1.82, 2.24) is 0 Å². The molecule has 0 saturated carbocycles. The van der Waals surface area contributed by atoms with Gasteiger partial charge < -0.3 is 9.84 Å². The van der Waals surface area contributed by atoms with Crippen LogP contribution in [0.2, 0.25) is 0 Å². The van der Waals surface area contributed by atoms with E-state index in [1.165, 1.54) is 6.92 Å². The third kappa shape index (κ3) is 2.85. The van der Waals surface area contributed by atoms with E-state index >= 15 is 0 Å².